The maximum Gasteiger partial charge on any atom is 0.242 e. The Labute approximate surface area is 130 Å². The Morgan fingerprint density at radius 2 is 1.95 bits per heavy atom. The van der Waals surface area contributed by atoms with Crippen LogP contribution >= 0.6 is 0 Å². The van der Waals surface area contributed by atoms with E-state index in [1.54, 1.807) is 6.20 Å². The van der Waals surface area contributed by atoms with E-state index in [0.717, 1.165) is 24.0 Å². The molecular formula is C18H21N3O. The van der Waals surface area contributed by atoms with E-state index in [2.05, 4.69) is 19.9 Å². The summed E-state index contributed by atoms with van der Waals surface area (Å²) in [4.78, 5) is 14.6. The van der Waals surface area contributed by atoms with E-state index in [1.165, 1.54) is 6.42 Å². The summed E-state index contributed by atoms with van der Waals surface area (Å²) in [7, 11) is 0. The second kappa shape index (κ2) is 5.84. The second-order valence-electron chi connectivity index (χ2n) is 6.54. The molecule has 1 aromatic heterocycles. The highest BCUT2D eigenvalue weighted by molar-refractivity contribution is 5.88. The van der Waals surface area contributed by atoms with Crippen molar-refractivity contribution in [3.05, 3.63) is 36.0 Å². The molecule has 114 valence electrons. The summed E-state index contributed by atoms with van der Waals surface area (Å²) in [5.74, 6) is 1.26. The largest absolute Gasteiger partial charge is 0.341 e. The molecular weight excluding hydrogens is 274 g/mol. The first kappa shape index (κ1) is 14.6. The van der Waals surface area contributed by atoms with Crippen LogP contribution in [0.2, 0.25) is 0 Å². The SMILES string of the molecule is C[C@@H]1C[C@@H](C)CN(C(=O)Cn2cc(C#N)c3ccccc32)C1. The Kier molecular flexibility index (Phi) is 3.89. The van der Waals surface area contributed by atoms with Gasteiger partial charge >= 0.3 is 0 Å². The van der Waals surface area contributed by atoms with Crippen LogP contribution in [0.5, 0.6) is 0 Å². The summed E-state index contributed by atoms with van der Waals surface area (Å²) < 4.78 is 1.90. The number of para-hydroxylation sites is 1. The molecule has 0 aliphatic carbocycles. The van der Waals surface area contributed by atoms with Crippen molar-refractivity contribution in [2.45, 2.75) is 26.8 Å². The van der Waals surface area contributed by atoms with Gasteiger partial charge < -0.3 is 9.47 Å². The zero-order valence-electron chi connectivity index (χ0n) is 13.1. The predicted molar refractivity (Wildman–Crippen MR) is 86.2 cm³/mol. The highest BCUT2D eigenvalue weighted by atomic mass is 16.2. The number of carbonyl (C=O) groups excluding carboxylic acids is 1. The van der Waals surface area contributed by atoms with Crippen molar-refractivity contribution in [2.24, 2.45) is 11.8 Å². The standard InChI is InChI=1S/C18H21N3O/c1-13-7-14(2)10-21(9-13)18(22)12-20-11-15(8-19)16-5-3-4-6-17(16)20/h3-6,11,13-14H,7,9-10,12H2,1-2H3/t13-,14-/m1/s1. The van der Waals surface area contributed by atoms with Crippen LogP contribution in [0.15, 0.2) is 30.5 Å². The molecule has 1 saturated heterocycles. The van der Waals surface area contributed by atoms with E-state index >= 15 is 0 Å². The molecule has 3 rings (SSSR count). The van der Waals surface area contributed by atoms with Crippen LogP contribution in [-0.4, -0.2) is 28.5 Å². The molecule has 1 aliphatic heterocycles. The zero-order valence-corrected chi connectivity index (χ0v) is 13.1. The van der Waals surface area contributed by atoms with Gasteiger partial charge in [-0.15, -0.1) is 0 Å². The molecule has 1 amide bonds. The van der Waals surface area contributed by atoms with Gasteiger partial charge in [0.15, 0.2) is 0 Å². The highest BCUT2D eigenvalue weighted by Gasteiger charge is 2.25. The number of rotatable bonds is 2. The number of hydrogen-bond acceptors (Lipinski definition) is 2. The van der Waals surface area contributed by atoms with Gasteiger partial charge in [-0.3, -0.25) is 4.79 Å². The van der Waals surface area contributed by atoms with E-state index < -0.39 is 0 Å². The molecule has 0 spiro atoms. The van der Waals surface area contributed by atoms with Crippen molar-refractivity contribution in [1.29, 1.82) is 5.26 Å². The molecule has 1 aliphatic rings. The molecule has 0 saturated carbocycles. The second-order valence-corrected chi connectivity index (χ2v) is 6.54. The van der Waals surface area contributed by atoms with Crippen LogP contribution in [0.25, 0.3) is 10.9 Å². The molecule has 2 atom stereocenters. The molecule has 0 N–H and O–H groups in total. The van der Waals surface area contributed by atoms with Gasteiger partial charge in [-0.1, -0.05) is 32.0 Å². The average Bonchev–Trinajstić information content (AvgIpc) is 2.84. The monoisotopic (exact) mass is 295 g/mol. The van der Waals surface area contributed by atoms with Crippen LogP contribution in [0.4, 0.5) is 0 Å². The minimum absolute atomic E-state index is 0.142. The molecule has 1 aromatic carbocycles. The number of nitriles is 1. The first-order chi connectivity index (χ1) is 10.6. The number of nitrogens with zero attached hydrogens (tertiary/aromatic N) is 3. The van der Waals surface area contributed by atoms with Crippen molar-refractivity contribution in [3.63, 3.8) is 0 Å². The van der Waals surface area contributed by atoms with Crippen LogP contribution in [0.3, 0.4) is 0 Å². The number of likely N-dealkylation sites (tertiary alicyclic amines) is 1. The third-order valence-corrected chi connectivity index (χ3v) is 4.44. The third-order valence-electron chi connectivity index (χ3n) is 4.44. The molecule has 22 heavy (non-hydrogen) atoms. The normalized spacial score (nSPS) is 21.8. The molecule has 4 nitrogen and oxygen atoms in total. The smallest absolute Gasteiger partial charge is 0.242 e. The molecule has 0 bridgehead atoms. The van der Waals surface area contributed by atoms with E-state index in [-0.39, 0.29) is 5.91 Å². The lowest BCUT2D eigenvalue weighted by molar-refractivity contribution is -0.134. The van der Waals surface area contributed by atoms with E-state index in [9.17, 15) is 10.1 Å². The first-order valence-electron chi connectivity index (χ1n) is 7.84. The maximum atomic E-state index is 12.6. The van der Waals surface area contributed by atoms with Crippen LogP contribution in [0.1, 0.15) is 25.8 Å². The molecule has 0 radical (unpaired) electrons. The van der Waals surface area contributed by atoms with Crippen molar-refractivity contribution >= 4 is 16.8 Å². The molecule has 4 heteroatoms. The Morgan fingerprint density at radius 1 is 1.27 bits per heavy atom. The van der Waals surface area contributed by atoms with Crippen molar-refractivity contribution < 1.29 is 4.79 Å². The van der Waals surface area contributed by atoms with Crippen molar-refractivity contribution in [3.8, 4) is 6.07 Å². The van der Waals surface area contributed by atoms with E-state index in [4.69, 9.17) is 0 Å². The summed E-state index contributed by atoms with van der Waals surface area (Å²) in [5, 5.41) is 10.2. The quantitative estimate of drug-likeness (QED) is 0.855. The number of piperidine rings is 1. The molecule has 2 aromatic rings. The fourth-order valence-corrected chi connectivity index (χ4v) is 3.58. The van der Waals surface area contributed by atoms with Crippen LogP contribution < -0.4 is 0 Å². The van der Waals surface area contributed by atoms with Gasteiger partial charge in [0.1, 0.15) is 12.6 Å². The number of carbonyl (C=O) groups is 1. The van der Waals surface area contributed by atoms with Crippen LogP contribution in [-0.2, 0) is 11.3 Å². The fraction of sp³-hybridized carbons (Fsp3) is 0.444. The maximum absolute atomic E-state index is 12.6. The van der Waals surface area contributed by atoms with Crippen LogP contribution in [0, 0.1) is 23.2 Å². The van der Waals surface area contributed by atoms with E-state index in [1.807, 2.05) is 33.7 Å². The number of aromatic nitrogens is 1. The molecule has 0 unspecified atom stereocenters. The minimum Gasteiger partial charge on any atom is -0.341 e. The van der Waals surface area contributed by atoms with Gasteiger partial charge in [0.25, 0.3) is 0 Å². The Balaban J connectivity index is 1.84. The lowest BCUT2D eigenvalue weighted by atomic mass is 9.92. The summed E-state index contributed by atoms with van der Waals surface area (Å²) in [6, 6.07) is 9.97. The third kappa shape index (κ3) is 2.71. The molecule has 1 fully saturated rings. The summed E-state index contributed by atoms with van der Waals surface area (Å²) in [5.41, 5.74) is 1.58. The van der Waals surface area contributed by atoms with Gasteiger partial charge in [-0.25, -0.2) is 0 Å². The zero-order chi connectivity index (χ0) is 15.7. The summed E-state index contributed by atoms with van der Waals surface area (Å²) in [6.07, 6.45) is 2.98. The first-order valence-corrected chi connectivity index (χ1v) is 7.84. The highest BCUT2D eigenvalue weighted by Crippen LogP contribution is 2.23. The fourth-order valence-electron chi connectivity index (χ4n) is 3.58. The number of fused-ring (bicyclic) bond motifs is 1. The van der Waals surface area contributed by atoms with Gasteiger partial charge in [-0.2, -0.15) is 5.26 Å². The van der Waals surface area contributed by atoms with Gasteiger partial charge in [0.2, 0.25) is 5.91 Å². The molecule has 2 heterocycles. The van der Waals surface area contributed by atoms with Gasteiger partial charge in [0.05, 0.1) is 5.56 Å². The van der Waals surface area contributed by atoms with Crippen molar-refractivity contribution in [2.75, 3.05) is 13.1 Å². The number of amides is 1. The Hall–Kier alpha value is -2.28. The Bertz CT molecular complexity index is 730. The minimum atomic E-state index is 0.142. The predicted octanol–water partition coefficient (Wildman–Crippen LogP) is 3.02. The van der Waals surface area contributed by atoms with Gasteiger partial charge in [-0.05, 0) is 24.3 Å². The van der Waals surface area contributed by atoms with Gasteiger partial charge in [0, 0.05) is 30.2 Å². The van der Waals surface area contributed by atoms with E-state index in [0.29, 0.717) is 23.9 Å². The van der Waals surface area contributed by atoms with Crippen molar-refractivity contribution in [1.82, 2.24) is 9.47 Å². The lowest BCUT2D eigenvalue weighted by Crippen LogP contribution is -2.43. The lowest BCUT2D eigenvalue weighted by Gasteiger charge is -2.35. The number of benzene rings is 1. The summed E-state index contributed by atoms with van der Waals surface area (Å²) >= 11 is 0. The number of hydrogen-bond donors (Lipinski definition) is 0. The average molecular weight is 295 g/mol. The Morgan fingerprint density at radius 3 is 2.64 bits per heavy atom. The topological polar surface area (TPSA) is 49.0 Å². The summed E-state index contributed by atoms with van der Waals surface area (Å²) in [6.45, 7) is 6.40.